The highest BCUT2D eigenvalue weighted by Gasteiger charge is 2.44. The maximum absolute atomic E-state index is 12.4. The fourth-order valence-corrected chi connectivity index (χ4v) is 2.54. The normalized spacial score (nSPS) is 27.3. The van der Waals surface area contributed by atoms with Gasteiger partial charge in [0.2, 0.25) is 0 Å². The first-order valence-corrected chi connectivity index (χ1v) is 6.77. The van der Waals surface area contributed by atoms with Crippen molar-refractivity contribution in [3.63, 3.8) is 0 Å². The number of likely N-dealkylation sites (tertiary alicyclic amines) is 1. The molecule has 0 bridgehead atoms. The van der Waals surface area contributed by atoms with E-state index in [1.165, 1.54) is 0 Å². The zero-order valence-corrected chi connectivity index (χ0v) is 11.2. The molecule has 1 saturated carbocycles. The molecule has 0 aromatic heterocycles. The number of hydrogen-bond donors (Lipinski definition) is 1. The van der Waals surface area contributed by atoms with Gasteiger partial charge in [0.05, 0.1) is 5.41 Å². The molecule has 102 valence electrons. The molecule has 1 aliphatic heterocycles. The maximum atomic E-state index is 12.4. The fraction of sp³-hybridized carbons (Fsp3) is 0.846. The smallest absolute Gasteiger partial charge is 0.320 e. The van der Waals surface area contributed by atoms with E-state index in [4.69, 9.17) is 0 Å². The second kappa shape index (κ2) is 4.78. The molecule has 2 aliphatic rings. The van der Waals surface area contributed by atoms with Crippen molar-refractivity contribution in [2.24, 2.45) is 5.41 Å². The van der Waals surface area contributed by atoms with Crippen molar-refractivity contribution in [1.29, 1.82) is 0 Å². The number of nitrogens with zero attached hydrogens (tertiary/aromatic N) is 2. The Morgan fingerprint density at radius 2 is 2.11 bits per heavy atom. The lowest BCUT2D eigenvalue weighted by Crippen LogP contribution is -2.45. The molecule has 1 N–H and O–H groups in total. The average Bonchev–Trinajstić information content (AvgIpc) is 3.08. The first-order valence-electron chi connectivity index (χ1n) is 6.77. The molecule has 0 spiro atoms. The van der Waals surface area contributed by atoms with Gasteiger partial charge in [-0.2, -0.15) is 0 Å². The number of urea groups is 1. The van der Waals surface area contributed by atoms with E-state index in [0.717, 1.165) is 25.8 Å². The standard InChI is InChI=1S/C13H22N2O3/c1-3-7-15(10-4-5-10)12(18)14-8-6-13(2,9-14)11(16)17/h10H,3-9H2,1-2H3,(H,16,17). The van der Waals surface area contributed by atoms with Crippen LogP contribution in [0.15, 0.2) is 0 Å². The molecule has 1 saturated heterocycles. The highest BCUT2D eigenvalue weighted by Crippen LogP contribution is 2.33. The van der Waals surface area contributed by atoms with Crippen LogP contribution in [0.4, 0.5) is 4.79 Å². The highest BCUT2D eigenvalue weighted by atomic mass is 16.4. The molecule has 5 heteroatoms. The molecule has 0 aromatic rings. The van der Waals surface area contributed by atoms with Crippen LogP contribution in [0, 0.1) is 5.41 Å². The molecule has 18 heavy (non-hydrogen) atoms. The third-order valence-electron chi connectivity index (χ3n) is 3.96. The second-order valence-corrected chi connectivity index (χ2v) is 5.74. The molecule has 1 atom stereocenters. The van der Waals surface area contributed by atoms with Gasteiger partial charge in [0.15, 0.2) is 0 Å². The van der Waals surface area contributed by atoms with Gasteiger partial charge in [-0.3, -0.25) is 4.79 Å². The van der Waals surface area contributed by atoms with Crippen molar-refractivity contribution in [2.75, 3.05) is 19.6 Å². The Kier molecular flexibility index (Phi) is 3.50. The maximum Gasteiger partial charge on any atom is 0.320 e. The quantitative estimate of drug-likeness (QED) is 0.831. The van der Waals surface area contributed by atoms with E-state index >= 15 is 0 Å². The van der Waals surface area contributed by atoms with Crippen LogP contribution in [0.25, 0.3) is 0 Å². The summed E-state index contributed by atoms with van der Waals surface area (Å²) in [6.45, 7) is 5.48. The van der Waals surface area contributed by atoms with Gasteiger partial charge < -0.3 is 14.9 Å². The Hall–Kier alpha value is -1.26. The van der Waals surface area contributed by atoms with Crippen LogP contribution in [0.5, 0.6) is 0 Å². The predicted molar refractivity (Wildman–Crippen MR) is 67.3 cm³/mol. The number of carboxylic acid groups (broad SMARTS) is 1. The van der Waals surface area contributed by atoms with E-state index in [9.17, 15) is 14.7 Å². The molecule has 1 aliphatic carbocycles. The number of carbonyl (C=O) groups is 2. The molecule has 2 rings (SSSR count). The SMILES string of the molecule is CCCN(C(=O)N1CCC(C)(C(=O)O)C1)C1CC1. The van der Waals surface area contributed by atoms with E-state index in [0.29, 0.717) is 25.6 Å². The van der Waals surface area contributed by atoms with Crippen LogP contribution in [0.1, 0.15) is 39.5 Å². The van der Waals surface area contributed by atoms with Gasteiger partial charge in [-0.15, -0.1) is 0 Å². The minimum Gasteiger partial charge on any atom is -0.481 e. The summed E-state index contributed by atoms with van der Waals surface area (Å²) in [6, 6.07) is 0.429. The Balaban J connectivity index is 1.99. The van der Waals surface area contributed by atoms with E-state index < -0.39 is 11.4 Å². The molecule has 2 amide bonds. The van der Waals surface area contributed by atoms with Gasteiger partial charge in [0, 0.05) is 25.7 Å². The van der Waals surface area contributed by atoms with Crippen LogP contribution in [0.2, 0.25) is 0 Å². The topological polar surface area (TPSA) is 60.9 Å². The van der Waals surface area contributed by atoms with Gasteiger partial charge in [0.1, 0.15) is 0 Å². The number of amides is 2. The largest absolute Gasteiger partial charge is 0.481 e. The molecule has 0 aromatic carbocycles. The van der Waals surface area contributed by atoms with Crippen LogP contribution < -0.4 is 0 Å². The molecule has 2 fully saturated rings. The summed E-state index contributed by atoms with van der Waals surface area (Å²) in [4.78, 5) is 27.2. The van der Waals surface area contributed by atoms with Crippen molar-refractivity contribution in [1.82, 2.24) is 9.80 Å². The summed E-state index contributed by atoms with van der Waals surface area (Å²) in [6.07, 6.45) is 3.69. The van der Waals surface area contributed by atoms with Gasteiger partial charge >= 0.3 is 12.0 Å². The molecule has 1 heterocycles. The lowest BCUT2D eigenvalue weighted by Gasteiger charge is -2.28. The minimum absolute atomic E-state index is 0.0318. The molecule has 1 unspecified atom stereocenters. The lowest BCUT2D eigenvalue weighted by molar-refractivity contribution is -0.147. The van der Waals surface area contributed by atoms with Crippen molar-refractivity contribution in [3.8, 4) is 0 Å². The third-order valence-corrected chi connectivity index (χ3v) is 3.96. The second-order valence-electron chi connectivity index (χ2n) is 5.74. The molecular formula is C13H22N2O3. The summed E-state index contributed by atoms with van der Waals surface area (Å²) in [5.74, 6) is -0.800. The summed E-state index contributed by atoms with van der Waals surface area (Å²) in [5.41, 5.74) is -0.767. The van der Waals surface area contributed by atoms with Crippen LogP contribution >= 0.6 is 0 Å². The van der Waals surface area contributed by atoms with Crippen LogP contribution in [-0.2, 0) is 4.79 Å². The summed E-state index contributed by atoms with van der Waals surface area (Å²) >= 11 is 0. The molecule has 0 radical (unpaired) electrons. The van der Waals surface area contributed by atoms with Gasteiger partial charge in [-0.25, -0.2) is 4.79 Å². The van der Waals surface area contributed by atoms with E-state index in [1.807, 2.05) is 4.90 Å². The van der Waals surface area contributed by atoms with Crippen molar-refractivity contribution < 1.29 is 14.7 Å². The monoisotopic (exact) mass is 254 g/mol. The number of aliphatic carboxylic acids is 1. The number of carboxylic acids is 1. The van der Waals surface area contributed by atoms with Crippen LogP contribution in [-0.4, -0.2) is 52.6 Å². The van der Waals surface area contributed by atoms with Crippen molar-refractivity contribution in [2.45, 2.75) is 45.6 Å². The first kappa shape index (κ1) is 13.2. The van der Waals surface area contributed by atoms with E-state index in [2.05, 4.69) is 6.92 Å². The van der Waals surface area contributed by atoms with E-state index in [1.54, 1.807) is 11.8 Å². The van der Waals surface area contributed by atoms with Crippen molar-refractivity contribution >= 4 is 12.0 Å². The summed E-state index contributed by atoms with van der Waals surface area (Å²) in [7, 11) is 0. The van der Waals surface area contributed by atoms with Crippen LogP contribution in [0.3, 0.4) is 0 Å². The minimum atomic E-state index is -0.800. The predicted octanol–water partition coefficient (Wildman–Crippen LogP) is 1.78. The number of carbonyl (C=O) groups excluding carboxylic acids is 1. The number of rotatable bonds is 4. The first-order chi connectivity index (χ1) is 8.48. The Morgan fingerprint density at radius 1 is 1.44 bits per heavy atom. The zero-order valence-electron chi connectivity index (χ0n) is 11.2. The third kappa shape index (κ3) is 2.44. The van der Waals surface area contributed by atoms with Gasteiger partial charge in [-0.1, -0.05) is 6.92 Å². The number of hydrogen-bond acceptors (Lipinski definition) is 2. The summed E-state index contributed by atoms with van der Waals surface area (Å²) in [5, 5.41) is 9.18. The zero-order chi connectivity index (χ0) is 13.3. The Labute approximate surface area is 108 Å². The summed E-state index contributed by atoms with van der Waals surface area (Å²) < 4.78 is 0. The molecule has 5 nitrogen and oxygen atoms in total. The van der Waals surface area contributed by atoms with Gasteiger partial charge in [0.25, 0.3) is 0 Å². The molecular weight excluding hydrogens is 232 g/mol. The van der Waals surface area contributed by atoms with E-state index in [-0.39, 0.29) is 6.03 Å². The van der Waals surface area contributed by atoms with Gasteiger partial charge in [-0.05, 0) is 32.6 Å². The Morgan fingerprint density at radius 3 is 2.56 bits per heavy atom. The Bertz CT molecular complexity index is 354. The fourth-order valence-electron chi connectivity index (χ4n) is 2.54. The lowest BCUT2D eigenvalue weighted by atomic mass is 9.90. The average molecular weight is 254 g/mol. The highest BCUT2D eigenvalue weighted by molar-refractivity contribution is 5.79. The van der Waals surface area contributed by atoms with Crippen molar-refractivity contribution in [3.05, 3.63) is 0 Å².